The molecule has 0 saturated heterocycles. The number of carbonyl (C=O) groups excluding carboxylic acids is 1. The minimum Gasteiger partial charge on any atom is -0.465 e. The van der Waals surface area contributed by atoms with Gasteiger partial charge >= 0.3 is 6.18 Å². The average Bonchev–Trinajstić information content (AvgIpc) is 2.85. The van der Waals surface area contributed by atoms with Gasteiger partial charge in [0.05, 0.1) is 17.4 Å². The number of aliphatic hydroxyl groups is 1. The summed E-state index contributed by atoms with van der Waals surface area (Å²) in [5.74, 6) is -0.0747. The van der Waals surface area contributed by atoms with E-state index < -0.39 is 17.8 Å². The average molecular weight is 270 g/mol. The SMILES string of the molecule is O=Cc1ccoc1[C@H](O)c1cccc(C(F)(F)F)c1. The Morgan fingerprint density at radius 3 is 2.63 bits per heavy atom. The van der Waals surface area contributed by atoms with Crippen LogP contribution in [0.2, 0.25) is 0 Å². The molecule has 0 aliphatic rings. The molecule has 1 aromatic carbocycles. The molecule has 6 heteroatoms. The van der Waals surface area contributed by atoms with Crippen molar-refractivity contribution in [1.29, 1.82) is 0 Å². The second-order valence-corrected chi connectivity index (χ2v) is 3.88. The maximum Gasteiger partial charge on any atom is 0.416 e. The molecule has 0 unspecified atom stereocenters. The summed E-state index contributed by atoms with van der Waals surface area (Å²) in [6.45, 7) is 0. The van der Waals surface area contributed by atoms with Gasteiger partial charge in [0, 0.05) is 0 Å². The Kier molecular flexibility index (Phi) is 3.44. The zero-order chi connectivity index (χ0) is 14.0. The number of alkyl halides is 3. The van der Waals surface area contributed by atoms with Crippen molar-refractivity contribution >= 4 is 6.29 Å². The van der Waals surface area contributed by atoms with Crippen molar-refractivity contribution < 1.29 is 27.5 Å². The van der Waals surface area contributed by atoms with Gasteiger partial charge in [-0.2, -0.15) is 13.2 Å². The van der Waals surface area contributed by atoms with Crippen LogP contribution in [-0.4, -0.2) is 11.4 Å². The Morgan fingerprint density at radius 2 is 2.00 bits per heavy atom. The molecule has 0 radical (unpaired) electrons. The first-order valence-corrected chi connectivity index (χ1v) is 5.31. The summed E-state index contributed by atoms with van der Waals surface area (Å²) < 4.78 is 42.6. The van der Waals surface area contributed by atoms with Crippen LogP contribution in [0.25, 0.3) is 0 Å². The van der Waals surface area contributed by atoms with E-state index in [9.17, 15) is 23.1 Å². The lowest BCUT2D eigenvalue weighted by atomic mass is 10.0. The van der Waals surface area contributed by atoms with E-state index in [0.717, 1.165) is 12.1 Å². The lowest BCUT2D eigenvalue weighted by molar-refractivity contribution is -0.137. The maximum absolute atomic E-state index is 12.6. The molecular weight excluding hydrogens is 261 g/mol. The van der Waals surface area contributed by atoms with Crippen molar-refractivity contribution in [2.75, 3.05) is 0 Å². The van der Waals surface area contributed by atoms with Crippen LogP contribution < -0.4 is 0 Å². The number of carbonyl (C=O) groups is 1. The van der Waals surface area contributed by atoms with E-state index in [1.165, 1.54) is 24.5 Å². The highest BCUT2D eigenvalue weighted by Gasteiger charge is 2.31. The molecule has 19 heavy (non-hydrogen) atoms. The first kappa shape index (κ1) is 13.4. The number of rotatable bonds is 3. The van der Waals surface area contributed by atoms with Gasteiger partial charge in [0.25, 0.3) is 0 Å². The van der Waals surface area contributed by atoms with Crippen LogP contribution in [-0.2, 0) is 6.18 Å². The largest absolute Gasteiger partial charge is 0.465 e. The molecule has 1 atom stereocenters. The number of aliphatic hydroxyl groups excluding tert-OH is 1. The molecule has 0 bridgehead atoms. The third-order valence-electron chi connectivity index (χ3n) is 2.63. The van der Waals surface area contributed by atoms with E-state index in [4.69, 9.17) is 4.42 Å². The number of halogens is 3. The summed E-state index contributed by atoms with van der Waals surface area (Å²) in [6, 6.07) is 5.57. The van der Waals surface area contributed by atoms with Gasteiger partial charge in [-0.1, -0.05) is 12.1 Å². The molecule has 1 aromatic heterocycles. The molecule has 0 fully saturated rings. The van der Waals surface area contributed by atoms with Gasteiger partial charge in [-0.3, -0.25) is 4.79 Å². The van der Waals surface area contributed by atoms with Crippen molar-refractivity contribution in [3.63, 3.8) is 0 Å². The molecule has 2 aromatic rings. The van der Waals surface area contributed by atoms with Gasteiger partial charge in [-0.15, -0.1) is 0 Å². The molecule has 1 heterocycles. The van der Waals surface area contributed by atoms with Crippen molar-refractivity contribution in [3.8, 4) is 0 Å². The van der Waals surface area contributed by atoms with Crippen molar-refractivity contribution in [1.82, 2.24) is 0 Å². The summed E-state index contributed by atoms with van der Waals surface area (Å²) in [5.41, 5.74) is -0.763. The van der Waals surface area contributed by atoms with Gasteiger partial charge in [0.2, 0.25) is 0 Å². The third kappa shape index (κ3) is 2.68. The zero-order valence-corrected chi connectivity index (χ0v) is 9.52. The van der Waals surface area contributed by atoms with E-state index in [-0.39, 0.29) is 16.9 Å². The first-order valence-electron chi connectivity index (χ1n) is 5.31. The molecule has 2 rings (SSSR count). The number of benzene rings is 1. The predicted molar refractivity (Wildman–Crippen MR) is 59.6 cm³/mol. The van der Waals surface area contributed by atoms with E-state index in [1.54, 1.807) is 0 Å². The molecule has 0 aliphatic carbocycles. The van der Waals surface area contributed by atoms with Crippen LogP contribution in [0.4, 0.5) is 13.2 Å². The highest BCUT2D eigenvalue weighted by atomic mass is 19.4. The first-order chi connectivity index (χ1) is 8.93. The number of furan rings is 1. The normalized spacial score (nSPS) is 13.3. The lowest BCUT2D eigenvalue weighted by Crippen LogP contribution is -2.07. The number of hydrogen-bond acceptors (Lipinski definition) is 3. The molecule has 0 amide bonds. The van der Waals surface area contributed by atoms with Crippen LogP contribution in [0.15, 0.2) is 41.0 Å². The van der Waals surface area contributed by atoms with Gasteiger partial charge in [-0.05, 0) is 23.8 Å². The Hall–Kier alpha value is -2.08. The molecular formula is C13H9F3O3. The fraction of sp³-hybridized carbons (Fsp3) is 0.154. The topological polar surface area (TPSA) is 50.4 Å². The van der Waals surface area contributed by atoms with E-state index >= 15 is 0 Å². The quantitative estimate of drug-likeness (QED) is 0.871. The Bertz CT molecular complexity index is 587. The molecule has 1 N–H and O–H groups in total. The third-order valence-corrected chi connectivity index (χ3v) is 2.63. The van der Waals surface area contributed by atoms with Gasteiger partial charge in [-0.25, -0.2) is 0 Å². The van der Waals surface area contributed by atoms with Crippen molar-refractivity contribution in [2.45, 2.75) is 12.3 Å². The molecule has 0 aliphatic heterocycles. The Morgan fingerprint density at radius 1 is 1.26 bits per heavy atom. The van der Waals surface area contributed by atoms with E-state index in [1.807, 2.05) is 0 Å². The summed E-state index contributed by atoms with van der Waals surface area (Å²) in [6.07, 6.45) is -4.25. The van der Waals surface area contributed by atoms with Crippen LogP contribution in [0.1, 0.15) is 33.3 Å². The van der Waals surface area contributed by atoms with Gasteiger partial charge < -0.3 is 9.52 Å². The van der Waals surface area contributed by atoms with Crippen molar-refractivity contribution in [3.05, 3.63) is 59.0 Å². The van der Waals surface area contributed by atoms with E-state index in [0.29, 0.717) is 6.29 Å². The van der Waals surface area contributed by atoms with Crippen molar-refractivity contribution in [2.24, 2.45) is 0 Å². The fourth-order valence-corrected chi connectivity index (χ4v) is 1.69. The second kappa shape index (κ2) is 4.89. The highest BCUT2D eigenvalue weighted by molar-refractivity contribution is 5.76. The van der Waals surface area contributed by atoms with Crippen LogP contribution in [0.3, 0.4) is 0 Å². The zero-order valence-electron chi connectivity index (χ0n) is 9.52. The summed E-state index contributed by atoms with van der Waals surface area (Å²) >= 11 is 0. The summed E-state index contributed by atoms with van der Waals surface area (Å²) in [4.78, 5) is 10.7. The lowest BCUT2D eigenvalue weighted by Gasteiger charge is -2.12. The molecule has 3 nitrogen and oxygen atoms in total. The summed E-state index contributed by atoms with van der Waals surface area (Å²) in [5, 5.41) is 9.96. The Balaban J connectivity index is 2.39. The minimum absolute atomic E-state index is 0.00729. The van der Waals surface area contributed by atoms with E-state index in [2.05, 4.69) is 0 Å². The molecule has 0 saturated carbocycles. The molecule has 0 spiro atoms. The maximum atomic E-state index is 12.6. The Labute approximate surface area is 106 Å². The smallest absolute Gasteiger partial charge is 0.416 e. The fourth-order valence-electron chi connectivity index (χ4n) is 1.69. The summed E-state index contributed by atoms with van der Waals surface area (Å²) in [7, 11) is 0. The molecule has 100 valence electrons. The number of aldehydes is 1. The highest BCUT2D eigenvalue weighted by Crippen LogP contribution is 2.32. The van der Waals surface area contributed by atoms with Gasteiger partial charge in [0.15, 0.2) is 6.29 Å². The standard InChI is InChI=1S/C13H9F3O3/c14-13(15,16)10-3-1-2-8(6-10)11(18)12-9(7-17)4-5-19-12/h1-7,11,18H/t11-/m1/s1. The second-order valence-electron chi connectivity index (χ2n) is 3.88. The van der Waals surface area contributed by atoms with Crippen LogP contribution in [0, 0.1) is 0 Å². The predicted octanol–water partition coefficient (Wildman–Crippen LogP) is 3.19. The van der Waals surface area contributed by atoms with Gasteiger partial charge in [0.1, 0.15) is 11.9 Å². The number of hydrogen-bond donors (Lipinski definition) is 1. The van der Waals surface area contributed by atoms with Crippen LogP contribution >= 0.6 is 0 Å². The minimum atomic E-state index is -4.49. The monoisotopic (exact) mass is 270 g/mol. The van der Waals surface area contributed by atoms with Crippen LogP contribution in [0.5, 0.6) is 0 Å².